The highest BCUT2D eigenvalue weighted by atomic mass is 14.6. The van der Waals surface area contributed by atoms with E-state index in [1.165, 1.54) is 141 Å². The molecule has 0 N–H and O–H groups in total. The topological polar surface area (TPSA) is 0 Å². The first-order chi connectivity index (χ1) is 25.5. The van der Waals surface area contributed by atoms with Gasteiger partial charge in [-0.15, -0.1) is 0 Å². The molecule has 0 nitrogen and oxygen atoms in total. The summed E-state index contributed by atoms with van der Waals surface area (Å²) in [7, 11) is 0. The smallest absolute Gasteiger partial charge is 0.0169 e. The second-order valence-corrected chi connectivity index (χ2v) is 19.0. The third kappa shape index (κ3) is 19.0. The summed E-state index contributed by atoms with van der Waals surface area (Å²) in [6, 6.07) is 0. The molecule has 0 bridgehead atoms. The average Bonchev–Trinajstić information content (AvgIpc) is 3.48. The molecule has 0 aliphatic heterocycles. The molecule has 0 aromatic rings. The molecular weight excluding hydrogens is 625 g/mol. The van der Waals surface area contributed by atoms with Crippen LogP contribution < -0.4 is 0 Å². The van der Waals surface area contributed by atoms with Crippen molar-refractivity contribution in [2.45, 2.75) is 246 Å². The highest BCUT2D eigenvalue weighted by molar-refractivity contribution is 5.02. The number of hydrogen-bond donors (Lipinski definition) is 0. The van der Waals surface area contributed by atoms with Crippen molar-refractivity contribution in [3.8, 4) is 0 Å². The fourth-order valence-electron chi connectivity index (χ4n) is 10.8. The molecule has 0 heterocycles. The van der Waals surface area contributed by atoms with Gasteiger partial charge in [-0.25, -0.2) is 0 Å². The van der Waals surface area contributed by atoms with Crippen LogP contribution in [0.2, 0.25) is 0 Å². The first-order valence-corrected chi connectivity index (χ1v) is 24.1. The Morgan fingerprint density at radius 2 is 0.750 bits per heavy atom. The van der Waals surface area contributed by atoms with Crippen LogP contribution in [0.1, 0.15) is 246 Å². The van der Waals surface area contributed by atoms with Gasteiger partial charge < -0.3 is 0 Å². The molecule has 3 aliphatic carbocycles. The molecule has 52 heavy (non-hydrogen) atoms. The van der Waals surface area contributed by atoms with Crippen LogP contribution in [0.3, 0.4) is 0 Å². The summed E-state index contributed by atoms with van der Waals surface area (Å²) < 4.78 is 0. The summed E-state index contributed by atoms with van der Waals surface area (Å²) in [6.45, 7) is 9.68. The number of rotatable bonds is 30. The van der Waals surface area contributed by atoms with E-state index in [4.69, 9.17) is 0 Å². The van der Waals surface area contributed by atoms with E-state index in [2.05, 4.69) is 76.3 Å². The molecule has 3 rings (SSSR count). The van der Waals surface area contributed by atoms with Crippen molar-refractivity contribution < 1.29 is 0 Å². The molecule has 3 saturated carbocycles. The Bertz CT molecular complexity index is 883. The van der Waals surface area contributed by atoms with Crippen LogP contribution in [0.15, 0.2) is 48.6 Å². The predicted molar refractivity (Wildman–Crippen MR) is 235 cm³/mol. The molecule has 4 atom stereocenters. The van der Waals surface area contributed by atoms with E-state index in [1.807, 2.05) is 0 Å². The molecule has 1 spiro atoms. The van der Waals surface area contributed by atoms with Crippen LogP contribution in [0.25, 0.3) is 0 Å². The van der Waals surface area contributed by atoms with Gasteiger partial charge in [0, 0.05) is 0 Å². The molecule has 0 aromatic heterocycles. The molecule has 0 aromatic carbocycles. The predicted octanol–water partition coefficient (Wildman–Crippen LogP) is 18.0. The number of fused-ring (bicyclic) bond motifs is 1. The lowest BCUT2D eigenvalue weighted by Crippen LogP contribution is -2.33. The van der Waals surface area contributed by atoms with Gasteiger partial charge in [0.2, 0.25) is 0 Å². The molecule has 3 aliphatic rings. The Morgan fingerprint density at radius 3 is 1.13 bits per heavy atom. The second-order valence-electron chi connectivity index (χ2n) is 19.0. The Hall–Kier alpha value is -1.04. The van der Waals surface area contributed by atoms with Crippen molar-refractivity contribution in [2.75, 3.05) is 0 Å². The van der Waals surface area contributed by atoms with E-state index in [0.717, 1.165) is 41.9 Å². The zero-order valence-corrected chi connectivity index (χ0v) is 36.0. The number of allylic oxidation sites excluding steroid dienone is 8. The highest BCUT2D eigenvalue weighted by Crippen LogP contribution is 2.62. The van der Waals surface area contributed by atoms with Gasteiger partial charge in [0.15, 0.2) is 0 Å². The normalized spacial score (nSPS) is 24.4. The maximum absolute atomic E-state index is 2.55. The summed E-state index contributed by atoms with van der Waals surface area (Å²) in [6.07, 6.45) is 67.7. The molecule has 0 radical (unpaired) electrons. The summed E-state index contributed by atoms with van der Waals surface area (Å²) in [5.74, 6) is 4.07. The van der Waals surface area contributed by atoms with Crippen molar-refractivity contribution in [3.05, 3.63) is 48.6 Å². The molecule has 0 amide bonds. The average molecular weight is 717 g/mol. The van der Waals surface area contributed by atoms with Crippen LogP contribution in [0.5, 0.6) is 0 Å². The largest absolute Gasteiger partial charge is 0.0882 e. The minimum Gasteiger partial charge on any atom is -0.0882 e. The Labute approximate surface area is 328 Å². The number of unbranched alkanes of at least 4 members (excludes halogenated alkanes) is 18. The lowest BCUT2D eigenvalue weighted by Gasteiger charge is -2.46. The van der Waals surface area contributed by atoms with Gasteiger partial charge in [-0.1, -0.05) is 166 Å². The fraction of sp³-hybridized carbons (Fsp3) is 0.846. The van der Waals surface area contributed by atoms with Crippen molar-refractivity contribution in [2.24, 2.45) is 34.5 Å². The molecule has 0 saturated heterocycles. The monoisotopic (exact) mass is 717 g/mol. The summed E-state index contributed by atoms with van der Waals surface area (Å²) in [5, 5.41) is 0. The quantitative estimate of drug-likeness (QED) is 0.0513. The molecule has 3 fully saturated rings. The van der Waals surface area contributed by atoms with Gasteiger partial charge in [0.1, 0.15) is 0 Å². The highest BCUT2D eigenvalue weighted by Gasteiger charge is 2.51. The molecule has 0 unspecified atom stereocenters. The van der Waals surface area contributed by atoms with Gasteiger partial charge in [0.05, 0.1) is 0 Å². The zero-order chi connectivity index (χ0) is 37.0. The van der Waals surface area contributed by atoms with Crippen LogP contribution in [-0.4, -0.2) is 0 Å². The maximum Gasteiger partial charge on any atom is -0.0169 e. The lowest BCUT2D eigenvalue weighted by molar-refractivity contribution is 0.0568. The Kier molecular flexibility index (Phi) is 24.8. The Balaban J connectivity index is 1.30. The number of hydrogen-bond acceptors (Lipinski definition) is 0. The van der Waals surface area contributed by atoms with E-state index < -0.39 is 0 Å². The molecule has 300 valence electrons. The maximum atomic E-state index is 2.55. The van der Waals surface area contributed by atoms with Gasteiger partial charge >= 0.3 is 0 Å². The SMILES string of the molecule is CCCCC/C=C\C/C=C\CCCCCCCCC1(CCCCCCCC/C=C\C/C=C\CCCCC)CCC2(CC1)C[C@H]1C[C@@H](C)[C@@H](C)C[C@@H]1C2. The van der Waals surface area contributed by atoms with E-state index >= 15 is 0 Å². The molecule has 0 heteroatoms. The minimum absolute atomic E-state index is 0.685. The van der Waals surface area contributed by atoms with E-state index in [-0.39, 0.29) is 0 Å². The van der Waals surface area contributed by atoms with Crippen molar-refractivity contribution in [3.63, 3.8) is 0 Å². The first-order valence-electron chi connectivity index (χ1n) is 24.1. The van der Waals surface area contributed by atoms with Crippen LogP contribution in [0.4, 0.5) is 0 Å². The standard InChI is InChI=1S/C52H92/c1-5-7-9-11-13-15-17-19-21-23-25-27-29-31-33-35-37-51(38-36-34-32-30-28-26-24-22-20-18-16-14-12-10-8-6-2)39-41-52(42-40-51)45-49-43-47(3)48(4)44-50(49)46-52/h13-16,19-22,47-50H,5-12,17-18,23-46H2,1-4H3/b15-13-,16-14-,21-19-,22-20-/t47-,48+,49-,50-/m1/s1. The summed E-state index contributed by atoms with van der Waals surface area (Å²) >= 11 is 0. The van der Waals surface area contributed by atoms with E-state index in [0.29, 0.717) is 5.41 Å². The van der Waals surface area contributed by atoms with Crippen LogP contribution >= 0.6 is 0 Å². The van der Waals surface area contributed by atoms with Gasteiger partial charge in [-0.2, -0.15) is 0 Å². The fourth-order valence-corrected chi connectivity index (χ4v) is 10.8. The lowest BCUT2D eigenvalue weighted by atomic mass is 9.59. The second kappa shape index (κ2) is 28.4. The zero-order valence-electron chi connectivity index (χ0n) is 36.0. The van der Waals surface area contributed by atoms with Crippen molar-refractivity contribution in [1.82, 2.24) is 0 Å². The third-order valence-corrected chi connectivity index (χ3v) is 14.6. The minimum atomic E-state index is 0.685. The molecular formula is C52H92. The van der Waals surface area contributed by atoms with Gasteiger partial charge in [0.25, 0.3) is 0 Å². The Morgan fingerprint density at radius 1 is 0.404 bits per heavy atom. The summed E-state index contributed by atoms with van der Waals surface area (Å²) in [4.78, 5) is 0. The van der Waals surface area contributed by atoms with E-state index in [1.54, 1.807) is 64.2 Å². The third-order valence-electron chi connectivity index (χ3n) is 14.6. The van der Waals surface area contributed by atoms with Gasteiger partial charge in [-0.05, 0) is 163 Å². The first kappa shape index (κ1) is 45.4. The van der Waals surface area contributed by atoms with Crippen LogP contribution in [0, 0.1) is 34.5 Å². The summed E-state index contributed by atoms with van der Waals surface area (Å²) in [5.41, 5.74) is 1.42. The van der Waals surface area contributed by atoms with Crippen LogP contribution in [-0.2, 0) is 0 Å². The van der Waals surface area contributed by atoms with Crippen molar-refractivity contribution in [1.29, 1.82) is 0 Å². The van der Waals surface area contributed by atoms with E-state index in [9.17, 15) is 0 Å². The van der Waals surface area contributed by atoms with Crippen molar-refractivity contribution >= 4 is 0 Å². The van der Waals surface area contributed by atoms with Gasteiger partial charge in [-0.3, -0.25) is 0 Å².